The number of Topliss-reactive ketones (excluding diaryl/α,β-unsaturated/α-hetero) is 1. The molecule has 0 amide bonds. The van der Waals surface area contributed by atoms with Gasteiger partial charge in [-0.15, -0.1) is 0 Å². The van der Waals surface area contributed by atoms with E-state index in [-0.39, 0.29) is 17.3 Å². The Kier molecular flexibility index (Phi) is 3.16. The van der Waals surface area contributed by atoms with E-state index in [0.717, 1.165) is 25.7 Å². The number of nitrogens with one attached hydrogen (secondary N) is 1. The number of hydrogen-bond donors (Lipinski definition) is 1. The molecular formula is C13H19N3O2. The molecule has 1 atom stereocenters. The number of hydrogen-bond acceptors (Lipinski definition) is 4. The molecule has 1 unspecified atom stereocenters. The monoisotopic (exact) mass is 249 g/mol. The summed E-state index contributed by atoms with van der Waals surface area (Å²) in [4.78, 5) is 16.3. The first-order chi connectivity index (χ1) is 8.79. The first-order valence-electron chi connectivity index (χ1n) is 6.83. The van der Waals surface area contributed by atoms with Gasteiger partial charge in [0.2, 0.25) is 5.78 Å². The second-order valence-electron chi connectivity index (χ2n) is 5.48. The molecule has 1 aromatic heterocycles. The van der Waals surface area contributed by atoms with Crippen LogP contribution in [0.2, 0.25) is 0 Å². The summed E-state index contributed by atoms with van der Waals surface area (Å²) in [5, 5.41) is 6.43. The van der Waals surface area contributed by atoms with Crippen LogP contribution in [0.4, 0.5) is 0 Å². The van der Waals surface area contributed by atoms with Crippen molar-refractivity contribution < 1.29 is 9.53 Å². The number of H-pyrrole nitrogens is 1. The van der Waals surface area contributed by atoms with Gasteiger partial charge in [0.25, 0.3) is 0 Å². The normalized spacial score (nSPS) is 27.2. The first-order valence-corrected chi connectivity index (χ1v) is 6.83. The van der Waals surface area contributed by atoms with Crippen LogP contribution in [0.5, 0.6) is 0 Å². The summed E-state index contributed by atoms with van der Waals surface area (Å²) < 4.78 is 6.01. The molecule has 2 aliphatic rings. The van der Waals surface area contributed by atoms with Crippen LogP contribution in [0.3, 0.4) is 0 Å². The van der Waals surface area contributed by atoms with E-state index in [9.17, 15) is 4.79 Å². The third-order valence-electron chi connectivity index (χ3n) is 4.28. The summed E-state index contributed by atoms with van der Waals surface area (Å²) in [6.45, 7) is 0.699. The van der Waals surface area contributed by atoms with Crippen molar-refractivity contribution in [3.8, 4) is 0 Å². The lowest BCUT2D eigenvalue weighted by molar-refractivity contribution is -0.111. The minimum atomic E-state index is -0.0309. The maximum Gasteiger partial charge on any atom is 0.202 e. The fourth-order valence-corrected chi connectivity index (χ4v) is 3.31. The standard InChI is InChI=1S/C13H19N3O2/c17-11(12-14-9-15-16-12)10-4-7-18-13(8-10)5-2-1-3-6-13/h9-10H,1-8H2,(H,14,15,16). The SMILES string of the molecule is O=C(c1ncn[nH]1)C1CCOC2(CCCCC2)C1. The zero-order valence-electron chi connectivity index (χ0n) is 10.5. The van der Waals surface area contributed by atoms with Gasteiger partial charge < -0.3 is 4.74 Å². The molecule has 98 valence electrons. The molecule has 1 spiro atoms. The molecule has 5 heteroatoms. The van der Waals surface area contributed by atoms with E-state index in [1.54, 1.807) is 0 Å². The topological polar surface area (TPSA) is 67.9 Å². The lowest BCUT2D eigenvalue weighted by atomic mass is 9.75. The van der Waals surface area contributed by atoms with Crippen molar-refractivity contribution in [3.05, 3.63) is 12.2 Å². The molecule has 2 heterocycles. The Morgan fingerprint density at radius 2 is 2.22 bits per heavy atom. The van der Waals surface area contributed by atoms with Crippen LogP contribution in [0.1, 0.15) is 55.6 Å². The molecule has 1 N–H and O–H groups in total. The van der Waals surface area contributed by atoms with Crippen LogP contribution in [-0.4, -0.2) is 33.2 Å². The molecule has 18 heavy (non-hydrogen) atoms. The number of carbonyl (C=O) groups is 1. The Morgan fingerprint density at radius 1 is 1.39 bits per heavy atom. The van der Waals surface area contributed by atoms with E-state index < -0.39 is 0 Å². The highest BCUT2D eigenvalue weighted by Gasteiger charge is 2.41. The molecule has 5 nitrogen and oxygen atoms in total. The molecule has 2 fully saturated rings. The van der Waals surface area contributed by atoms with Crippen LogP contribution >= 0.6 is 0 Å². The number of aromatic amines is 1. The highest BCUT2D eigenvalue weighted by atomic mass is 16.5. The van der Waals surface area contributed by atoms with E-state index in [1.807, 2.05) is 0 Å². The van der Waals surface area contributed by atoms with Crippen molar-refractivity contribution in [1.29, 1.82) is 0 Å². The molecule has 0 bridgehead atoms. The second-order valence-corrected chi connectivity index (χ2v) is 5.48. The number of ketones is 1. The zero-order chi connectivity index (χ0) is 12.4. The highest BCUT2D eigenvalue weighted by molar-refractivity contribution is 5.94. The van der Waals surface area contributed by atoms with Gasteiger partial charge in [-0.25, -0.2) is 4.98 Å². The Bertz CT molecular complexity index is 404. The molecular weight excluding hydrogens is 230 g/mol. The van der Waals surface area contributed by atoms with Gasteiger partial charge in [-0.2, -0.15) is 5.10 Å². The van der Waals surface area contributed by atoms with Crippen molar-refractivity contribution in [1.82, 2.24) is 15.2 Å². The summed E-state index contributed by atoms with van der Waals surface area (Å²) in [5.41, 5.74) is -0.0309. The highest BCUT2D eigenvalue weighted by Crippen LogP contribution is 2.41. The third kappa shape index (κ3) is 2.19. The van der Waals surface area contributed by atoms with Crippen LogP contribution in [0, 0.1) is 5.92 Å². The fourth-order valence-electron chi connectivity index (χ4n) is 3.31. The van der Waals surface area contributed by atoms with Crippen molar-refractivity contribution >= 4 is 5.78 Å². The smallest absolute Gasteiger partial charge is 0.202 e. The van der Waals surface area contributed by atoms with Gasteiger partial charge in [0.05, 0.1) is 5.60 Å². The van der Waals surface area contributed by atoms with Gasteiger partial charge in [0.1, 0.15) is 6.33 Å². The Morgan fingerprint density at radius 3 is 2.94 bits per heavy atom. The average Bonchev–Trinajstić information content (AvgIpc) is 2.93. The fraction of sp³-hybridized carbons (Fsp3) is 0.769. The van der Waals surface area contributed by atoms with E-state index in [1.165, 1.54) is 25.6 Å². The van der Waals surface area contributed by atoms with Gasteiger partial charge in [-0.3, -0.25) is 9.89 Å². The van der Waals surface area contributed by atoms with E-state index in [2.05, 4.69) is 15.2 Å². The van der Waals surface area contributed by atoms with Crippen molar-refractivity contribution in [2.24, 2.45) is 5.92 Å². The van der Waals surface area contributed by atoms with Gasteiger partial charge in [0.15, 0.2) is 5.82 Å². The molecule has 3 rings (SSSR count). The van der Waals surface area contributed by atoms with Gasteiger partial charge in [-0.05, 0) is 25.7 Å². The molecule has 0 aromatic carbocycles. The Labute approximate surface area is 106 Å². The zero-order valence-corrected chi connectivity index (χ0v) is 10.5. The first kappa shape index (κ1) is 11.8. The lowest BCUT2D eigenvalue weighted by Crippen LogP contribution is -2.43. The van der Waals surface area contributed by atoms with Gasteiger partial charge in [-0.1, -0.05) is 19.3 Å². The van der Waals surface area contributed by atoms with Crippen LogP contribution < -0.4 is 0 Å². The van der Waals surface area contributed by atoms with Crippen molar-refractivity contribution in [2.75, 3.05) is 6.61 Å². The molecule has 1 aliphatic heterocycles. The minimum Gasteiger partial charge on any atom is -0.375 e. The summed E-state index contributed by atoms with van der Waals surface area (Å²) >= 11 is 0. The van der Waals surface area contributed by atoms with Crippen LogP contribution in [-0.2, 0) is 4.74 Å². The predicted molar refractivity (Wildman–Crippen MR) is 65.2 cm³/mol. The largest absolute Gasteiger partial charge is 0.375 e. The minimum absolute atomic E-state index is 0.0309. The summed E-state index contributed by atoms with van der Waals surface area (Å²) in [6, 6.07) is 0. The molecule has 1 aliphatic carbocycles. The Balaban J connectivity index is 1.72. The number of nitrogens with zero attached hydrogens (tertiary/aromatic N) is 2. The molecule has 1 saturated carbocycles. The number of aromatic nitrogens is 3. The van der Waals surface area contributed by atoms with Crippen LogP contribution in [0.25, 0.3) is 0 Å². The Hall–Kier alpha value is -1.23. The molecule has 1 saturated heterocycles. The molecule has 1 aromatic rings. The van der Waals surface area contributed by atoms with E-state index in [4.69, 9.17) is 4.74 Å². The summed E-state index contributed by atoms with van der Waals surface area (Å²) in [5.74, 6) is 0.540. The number of carbonyl (C=O) groups excluding carboxylic acids is 1. The van der Waals surface area contributed by atoms with E-state index in [0.29, 0.717) is 12.4 Å². The van der Waals surface area contributed by atoms with Crippen LogP contribution in [0.15, 0.2) is 6.33 Å². The van der Waals surface area contributed by atoms with Gasteiger partial charge >= 0.3 is 0 Å². The number of rotatable bonds is 2. The number of ether oxygens (including phenoxy) is 1. The quantitative estimate of drug-likeness (QED) is 0.815. The summed E-state index contributed by atoms with van der Waals surface area (Å²) in [7, 11) is 0. The van der Waals surface area contributed by atoms with E-state index >= 15 is 0 Å². The van der Waals surface area contributed by atoms with Gasteiger partial charge in [0, 0.05) is 12.5 Å². The predicted octanol–water partition coefficient (Wildman–Crippen LogP) is 2.12. The second kappa shape index (κ2) is 4.80. The van der Waals surface area contributed by atoms with Crippen molar-refractivity contribution in [3.63, 3.8) is 0 Å². The maximum absolute atomic E-state index is 12.3. The summed E-state index contributed by atoms with van der Waals surface area (Å²) in [6.07, 6.45) is 9.01. The maximum atomic E-state index is 12.3. The average molecular weight is 249 g/mol. The van der Waals surface area contributed by atoms with Crippen molar-refractivity contribution in [2.45, 2.75) is 50.5 Å². The third-order valence-corrected chi connectivity index (χ3v) is 4.28. The lowest BCUT2D eigenvalue weighted by Gasteiger charge is -2.42. The molecule has 0 radical (unpaired) electrons.